The summed E-state index contributed by atoms with van der Waals surface area (Å²) in [6.45, 7) is 11.8. The monoisotopic (exact) mass is 241 g/mol. The van der Waals surface area contributed by atoms with Crippen molar-refractivity contribution in [3.8, 4) is 0 Å². The summed E-state index contributed by atoms with van der Waals surface area (Å²) in [4.78, 5) is 12.0. The Morgan fingerprint density at radius 2 is 1.94 bits per heavy atom. The molecule has 0 aliphatic heterocycles. The van der Waals surface area contributed by atoms with Crippen LogP contribution in [0.15, 0.2) is 12.7 Å². The van der Waals surface area contributed by atoms with E-state index in [4.69, 9.17) is 4.74 Å². The lowest BCUT2D eigenvalue weighted by molar-refractivity contribution is -0.129. The standard InChI is InChI=1S/C14H27NO2/c1-7-8-9-13(17-6)11(4)14(16)15-12(5)10(2)3/h7,10-13H,1,8-9H2,2-6H3,(H,15,16). The Balaban J connectivity index is 4.29. The highest BCUT2D eigenvalue weighted by Crippen LogP contribution is 2.14. The normalized spacial score (nSPS) is 16.4. The van der Waals surface area contributed by atoms with Crippen molar-refractivity contribution in [2.75, 3.05) is 7.11 Å². The zero-order valence-electron chi connectivity index (χ0n) is 11.8. The van der Waals surface area contributed by atoms with Crippen molar-refractivity contribution >= 4 is 5.91 Å². The molecule has 0 rings (SSSR count). The molecule has 0 saturated heterocycles. The molecule has 0 aromatic heterocycles. The number of hydrogen-bond donors (Lipinski definition) is 1. The summed E-state index contributed by atoms with van der Waals surface area (Å²) in [5.41, 5.74) is 0. The third-order valence-corrected chi connectivity index (χ3v) is 3.30. The van der Waals surface area contributed by atoms with Gasteiger partial charge in [0.1, 0.15) is 0 Å². The van der Waals surface area contributed by atoms with Gasteiger partial charge in [0.2, 0.25) is 5.91 Å². The first-order chi connectivity index (χ1) is 7.93. The maximum atomic E-state index is 12.0. The molecule has 1 amide bonds. The highest BCUT2D eigenvalue weighted by Gasteiger charge is 2.24. The minimum atomic E-state index is -0.124. The number of nitrogens with one attached hydrogen (secondary N) is 1. The highest BCUT2D eigenvalue weighted by molar-refractivity contribution is 5.79. The van der Waals surface area contributed by atoms with Crippen LogP contribution < -0.4 is 5.32 Å². The zero-order chi connectivity index (χ0) is 13.4. The molecule has 3 heteroatoms. The second-order valence-electron chi connectivity index (χ2n) is 4.97. The Morgan fingerprint density at radius 3 is 2.35 bits per heavy atom. The number of allylic oxidation sites excluding steroid dienone is 1. The van der Waals surface area contributed by atoms with Crippen molar-refractivity contribution in [3.63, 3.8) is 0 Å². The quantitative estimate of drug-likeness (QED) is 0.664. The maximum Gasteiger partial charge on any atom is 0.225 e. The molecule has 1 N–H and O–H groups in total. The van der Waals surface area contributed by atoms with Crippen LogP contribution in [0.5, 0.6) is 0 Å². The maximum absolute atomic E-state index is 12.0. The summed E-state index contributed by atoms with van der Waals surface area (Å²) in [6, 6.07) is 0.196. The van der Waals surface area contributed by atoms with E-state index in [2.05, 4.69) is 25.7 Å². The van der Waals surface area contributed by atoms with Crippen molar-refractivity contribution in [3.05, 3.63) is 12.7 Å². The Kier molecular flexibility index (Phi) is 7.88. The van der Waals surface area contributed by atoms with Crippen molar-refractivity contribution in [1.82, 2.24) is 5.32 Å². The predicted molar refractivity (Wildman–Crippen MR) is 71.8 cm³/mol. The molecule has 0 aromatic rings. The van der Waals surface area contributed by atoms with Crippen molar-refractivity contribution in [2.45, 2.75) is 52.7 Å². The van der Waals surface area contributed by atoms with Gasteiger partial charge >= 0.3 is 0 Å². The summed E-state index contributed by atoms with van der Waals surface area (Å²) in [5, 5.41) is 3.03. The number of carbonyl (C=O) groups is 1. The van der Waals surface area contributed by atoms with Gasteiger partial charge in [0.05, 0.1) is 12.0 Å². The average Bonchev–Trinajstić information content (AvgIpc) is 2.29. The Labute approximate surface area is 106 Å². The van der Waals surface area contributed by atoms with Gasteiger partial charge in [-0.3, -0.25) is 4.79 Å². The van der Waals surface area contributed by atoms with Crippen LogP contribution in [0.25, 0.3) is 0 Å². The first kappa shape index (κ1) is 16.2. The van der Waals surface area contributed by atoms with E-state index in [-0.39, 0.29) is 24.0 Å². The van der Waals surface area contributed by atoms with E-state index >= 15 is 0 Å². The van der Waals surface area contributed by atoms with Gasteiger partial charge < -0.3 is 10.1 Å². The average molecular weight is 241 g/mol. The Morgan fingerprint density at radius 1 is 1.35 bits per heavy atom. The molecule has 0 aromatic carbocycles. The Hall–Kier alpha value is -0.830. The molecular formula is C14H27NO2. The number of carbonyl (C=O) groups excluding carboxylic acids is 1. The summed E-state index contributed by atoms with van der Waals surface area (Å²) in [7, 11) is 1.66. The fraction of sp³-hybridized carbons (Fsp3) is 0.786. The molecule has 0 heterocycles. The summed E-state index contributed by atoms with van der Waals surface area (Å²) in [6.07, 6.45) is 3.53. The van der Waals surface area contributed by atoms with E-state index in [0.717, 1.165) is 12.8 Å². The molecule has 0 aliphatic carbocycles. The van der Waals surface area contributed by atoms with E-state index in [1.807, 2.05) is 19.9 Å². The lowest BCUT2D eigenvalue weighted by atomic mass is 9.98. The third-order valence-electron chi connectivity index (χ3n) is 3.30. The van der Waals surface area contributed by atoms with Gasteiger partial charge in [0, 0.05) is 13.2 Å². The summed E-state index contributed by atoms with van der Waals surface area (Å²) < 4.78 is 5.37. The highest BCUT2D eigenvalue weighted by atomic mass is 16.5. The molecule has 3 nitrogen and oxygen atoms in total. The fourth-order valence-corrected chi connectivity index (χ4v) is 1.55. The smallest absolute Gasteiger partial charge is 0.225 e. The van der Waals surface area contributed by atoms with Crippen LogP contribution in [0.4, 0.5) is 0 Å². The molecule has 0 spiro atoms. The number of methoxy groups -OCH3 is 1. The van der Waals surface area contributed by atoms with Crippen LogP contribution in [-0.4, -0.2) is 25.2 Å². The van der Waals surface area contributed by atoms with E-state index in [1.54, 1.807) is 7.11 Å². The van der Waals surface area contributed by atoms with E-state index in [1.165, 1.54) is 0 Å². The first-order valence-electron chi connectivity index (χ1n) is 6.38. The van der Waals surface area contributed by atoms with Crippen LogP contribution in [0.1, 0.15) is 40.5 Å². The molecule has 3 unspecified atom stereocenters. The minimum Gasteiger partial charge on any atom is -0.381 e. The van der Waals surface area contributed by atoms with Gasteiger partial charge in [0.25, 0.3) is 0 Å². The summed E-state index contributed by atoms with van der Waals surface area (Å²) >= 11 is 0. The van der Waals surface area contributed by atoms with Gasteiger partial charge in [0.15, 0.2) is 0 Å². The SMILES string of the molecule is C=CCCC(OC)C(C)C(=O)NC(C)C(C)C. The van der Waals surface area contributed by atoms with E-state index in [9.17, 15) is 4.79 Å². The van der Waals surface area contributed by atoms with Gasteiger partial charge in [-0.25, -0.2) is 0 Å². The van der Waals surface area contributed by atoms with Crippen LogP contribution >= 0.6 is 0 Å². The topological polar surface area (TPSA) is 38.3 Å². The van der Waals surface area contributed by atoms with Crippen LogP contribution in [-0.2, 0) is 9.53 Å². The molecular weight excluding hydrogens is 214 g/mol. The molecule has 0 aliphatic rings. The minimum absolute atomic E-state index is 0.0348. The Bertz CT molecular complexity index is 238. The van der Waals surface area contributed by atoms with Crippen LogP contribution in [0.2, 0.25) is 0 Å². The van der Waals surface area contributed by atoms with E-state index in [0.29, 0.717) is 5.92 Å². The third kappa shape index (κ3) is 5.87. The fourth-order valence-electron chi connectivity index (χ4n) is 1.55. The molecule has 0 saturated carbocycles. The van der Waals surface area contributed by atoms with E-state index < -0.39 is 0 Å². The molecule has 17 heavy (non-hydrogen) atoms. The lowest BCUT2D eigenvalue weighted by Crippen LogP contribution is -2.43. The largest absolute Gasteiger partial charge is 0.381 e. The number of ether oxygens (including phenoxy) is 1. The first-order valence-corrected chi connectivity index (χ1v) is 6.38. The van der Waals surface area contributed by atoms with Crippen molar-refractivity contribution < 1.29 is 9.53 Å². The van der Waals surface area contributed by atoms with Crippen LogP contribution in [0, 0.1) is 11.8 Å². The lowest BCUT2D eigenvalue weighted by Gasteiger charge is -2.25. The molecule has 0 radical (unpaired) electrons. The van der Waals surface area contributed by atoms with Gasteiger partial charge in [-0.15, -0.1) is 6.58 Å². The molecule has 3 atom stereocenters. The molecule has 0 bridgehead atoms. The van der Waals surface area contributed by atoms with Crippen LogP contribution in [0.3, 0.4) is 0 Å². The van der Waals surface area contributed by atoms with Gasteiger partial charge in [-0.05, 0) is 25.7 Å². The number of rotatable bonds is 8. The predicted octanol–water partition coefficient (Wildman–Crippen LogP) is 2.76. The van der Waals surface area contributed by atoms with Crippen molar-refractivity contribution in [1.29, 1.82) is 0 Å². The zero-order valence-corrected chi connectivity index (χ0v) is 11.8. The summed E-state index contributed by atoms with van der Waals surface area (Å²) in [5.74, 6) is 0.392. The molecule has 0 fully saturated rings. The van der Waals surface area contributed by atoms with Gasteiger partial charge in [-0.1, -0.05) is 26.8 Å². The number of hydrogen-bond acceptors (Lipinski definition) is 2. The van der Waals surface area contributed by atoms with Crippen molar-refractivity contribution in [2.24, 2.45) is 11.8 Å². The van der Waals surface area contributed by atoms with Gasteiger partial charge in [-0.2, -0.15) is 0 Å². The second-order valence-corrected chi connectivity index (χ2v) is 4.97. The molecule has 100 valence electrons. The second kappa shape index (κ2) is 8.29. The number of amides is 1.